The van der Waals surface area contributed by atoms with Gasteiger partial charge in [0.1, 0.15) is 6.61 Å². The number of benzene rings is 3. The van der Waals surface area contributed by atoms with Crippen molar-refractivity contribution in [1.82, 2.24) is 0 Å². The fourth-order valence-corrected chi connectivity index (χ4v) is 4.02. The van der Waals surface area contributed by atoms with Crippen LogP contribution in [0.2, 0.25) is 5.02 Å². The maximum Gasteiger partial charge on any atom is 0.248 e. The SMILES string of the molecule is CCOc1cc(/C=C/C(=O)Nc2cc(C)cc(C)c2)cc(Br)c1OCc1ccccc1Cl. The number of nitrogens with one attached hydrogen (secondary N) is 1. The first-order valence-corrected chi connectivity index (χ1v) is 11.4. The number of halogens is 2. The number of aryl methyl sites for hydroxylation is 2. The summed E-state index contributed by atoms with van der Waals surface area (Å²) in [5.74, 6) is 0.968. The predicted octanol–water partition coefficient (Wildman–Crippen LogP) is 7.35. The molecule has 6 heteroatoms. The fraction of sp³-hybridized carbons (Fsp3) is 0.192. The van der Waals surface area contributed by atoms with E-state index in [-0.39, 0.29) is 5.91 Å². The number of anilines is 1. The van der Waals surface area contributed by atoms with Gasteiger partial charge in [0.05, 0.1) is 11.1 Å². The van der Waals surface area contributed by atoms with Gasteiger partial charge >= 0.3 is 0 Å². The second-order valence-corrected chi connectivity index (χ2v) is 8.60. The van der Waals surface area contributed by atoms with Gasteiger partial charge in [-0.25, -0.2) is 0 Å². The van der Waals surface area contributed by atoms with Gasteiger partial charge in [0.2, 0.25) is 5.91 Å². The van der Waals surface area contributed by atoms with Gasteiger partial charge in [0.15, 0.2) is 11.5 Å². The highest BCUT2D eigenvalue weighted by Gasteiger charge is 2.13. The molecule has 1 amide bonds. The van der Waals surface area contributed by atoms with Crippen LogP contribution < -0.4 is 14.8 Å². The molecule has 166 valence electrons. The summed E-state index contributed by atoms with van der Waals surface area (Å²) < 4.78 is 12.5. The molecular weight excluding hydrogens is 490 g/mol. The van der Waals surface area contributed by atoms with Crippen molar-refractivity contribution < 1.29 is 14.3 Å². The molecule has 3 aromatic carbocycles. The van der Waals surface area contributed by atoms with Crippen molar-refractivity contribution in [2.45, 2.75) is 27.4 Å². The van der Waals surface area contributed by atoms with Gasteiger partial charge < -0.3 is 14.8 Å². The van der Waals surface area contributed by atoms with E-state index >= 15 is 0 Å². The first-order valence-electron chi connectivity index (χ1n) is 10.3. The number of hydrogen-bond donors (Lipinski definition) is 1. The lowest BCUT2D eigenvalue weighted by Crippen LogP contribution is -2.08. The van der Waals surface area contributed by atoms with Crippen molar-refractivity contribution in [3.05, 3.63) is 92.4 Å². The molecule has 0 aliphatic rings. The molecule has 0 spiro atoms. The normalized spacial score (nSPS) is 10.9. The molecule has 0 radical (unpaired) electrons. The van der Waals surface area contributed by atoms with Crippen LogP contribution in [0.5, 0.6) is 11.5 Å². The molecule has 0 aliphatic carbocycles. The molecule has 0 atom stereocenters. The molecule has 0 bridgehead atoms. The Kier molecular flexibility index (Phi) is 8.37. The summed E-state index contributed by atoms with van der Waals surface area (Å²) in [6, 6.07) is 17.2. The predicted molar refractivity (Wildman–Crippen MR) is 135 cm³/mol. The molecule has 0 saturated carbocycles. The third-order valence-corrected chi connectivity index (χ3v) is 5.54. The summed E-state index contributed by atoms with van der Waals surface area (Å²) in [5.41, 5.74) is 4.66. The highest BCUT2D eigenvalue weighted by molar-refractivity contribution is 9.10. The monoisotopic (exact) mass is 513 g/mol. The molecule has 0 heterocycles. The Labute approximate surface area is 202 Å². The molecular formula is C26H25BrClNO3. The molecule has 3 rings (SSSR count). The zero-order valence-electron chi connectivity index (χ0n) is 18.2. The largest absolute Gasteiger partial charge is 0.490 e. The zero-order chi connectivity index (χ0) is 23.1. The van der Waals surface area contributed by atoms with E-state index in [1.807, 2.05) is 69.3 Å². The minimum absolute atomic E-state index is 0.205. The Hall–Kier alpha value is -2.76. The lowest BCUT2D eigenvalue weighted by molar-refractivity contribution is -0.111. The quantitative estimate of drug-likeness (QED) is 0.320. The van der Waals surface area contributed by atoms with Crippen LogP contribution >= 0.6 is 27.5 Å². The number of carbonyl (C=O) groups excluding carboxylic acids is 1. The van der Waals surface area contributed by atoms with Gasteiger partial charge in [-0.2, -0.15) is 0 Å². The highest BCUT2D eigenvalue weighted by atomic mass is 79.9. The average molecular weight is 515 g/mol. The third kappa shape index (κ3) is 6.62. The number of hydrogen-bond acceptors (Lipinski definition) is 3. The van der Waals surface area contributed by atoms with Crippen LogP contribution in [0.1, 0.15) is 29.2 Å². The minimum atomic E-state index is -0.205. The molecule has 0 unspecified atom stereocenters. The summed E-state index contributed by atoms with van der Waals surface area (Å²) in [7, 11) is 0. The van der Waals surface area contributed by atoms with Gasteiger partial charge in [-0.3, -0.25) is 4.79 Å². The van der Waals surface area contributed by atoms with Gasteiger partial charge in [0, 0.05) is 22.3 Å². The molecule has 32 heavy (non-hydrogen) atoms. The minimum Gasteiger partial charge on any atom is -0.490 e. The van der Waals surface area contributed by atoms with Crippen LogP contribution in [0.4, 0.5) is 5.69 Å². The van der Waals surface area contributed by atoms with Gasteiger partial charge in [-0.15, -0.1) is 0 Å². The lowest BCUT2D eigenvalue weighted by Gasteiger charge is -2.15. The second-order valence-electron chi connectivity index (χ2n) is 7.34. The van der Waals surface area contributed by atoms with Crippen LogP contribution in [0, 0.1) is 13.8 Å². The van der Waals surface area contributed by atoms with E-state index in [4.69, 9.17) is 21.1 Å². The molecule has 0 fully saturated rings. The van der Waals surface area contributed by atoms with E-state index in [1.165, 1.54) is 6.08 Å². The van der Waals surface area contributed by atoms with Crippen LogP contribution in [0.3, 0.4) is 0 Å². The Morgan fingerprint density at radius 1 is 1.06 bits per heavy atom. The number of carbonyl (C=O) groups is 1. The molecule has 1 N–H and O–H groups in total. The van der Waals surface area contributed by atoms with Crippen molar-refractivity contribution in [2.75, 3.05) is 11.9 Å². The van der Waals surface area contributed by atoms with Crippen LogP contribution in [-0.2, 0) is 11.4 Å². The van der Waals surface area contributed by atoms with Crippen LogP contribution in [0.25, 0.3) is 6.08 Å². The number of ether oxygens (including phenoxy) is 2. The number of rotatable bonds is 8. The summed E-state index contributed by atoms with van der Waals surface area (Å²) in [6.07, 6.45) is 3.24. The van der Waals surface area contributed by atoms with E-state index in [0.29, 0.717) is 29.7 Å². The standard InChI is InChI=1S/C26H25BrClNO3/c1-4-31-24-15-19(9-10-25(30)29-21-12-17(2)11-18(3)13-21)14-22(27)26(24)32-16-20-7-5-6-8-23(20)28/h5-15H,4,16H2,1-3H3,(H,29,30)/b10-9+. The van der Waals surface area contributed by atoms with Gasteiger partial charge in [-0.1, -0.05) is 35.9 Å². The van der Waals surface area contributed by atoms with Crippen molar-refractivity contribution in [1.29, 1.82) is 0 Å². The van der Waals surface area contributed by atoms with Crippen molar-refractivity contribution in [3.63, 3.8) is 0 Å². The van der Waals surface area contributed by atoms with Crippen molar-refractivity contribution in [2.24, 2.45) is 0 Å². The van der Waals surface area contributed by atoms with E-state index in [9.17, 15) is 4.79 Å². The van der Waals surface area contributed by atoms with Gasteiger partial charge in [-0.05, 0) is 89.8 Å². The molecule has 0 aliphatic heterocycles. The van der Waals surface area contributed by atoms with E-state index in [1.54, 1.807) is 6.08 Å². The highest BCUT2D eigenvalue weighted by Crippen LogP contribution is 2.38. The topological polar surface area (TPSA) is 47.6 Å². The molecule has 3 aromatic rings. The Morgan fingerprint density at radius 3 is 2.47 bits per heavy atom. The zero-order valence-corrected chi connectivity index (χ0v) is 20.6. The molecule has 0 saturated heterocycles. The Morgan fingerprint density at radius 2 is 1.78 bits per heavy atom. The maximum absolute atomic E-state index is 12.4. The smallest absolute Gasteiger partial charge is 0.248 e. The lowest BCUT2D eigenvalue weighted by atomic mass is 10.1. The second kappa shape index (κ2) is 11.2. The number of amides is 1. The first kappa shape index (κ1) is 23.9. The van der Waals surface area contributed by atoms with E-state index < -0.39 is 0 Å². The van der Waals surface area contributed by atoms with Crippen molar-refractivity contribution in [3.8, 4) is 11.5 Å². The molecule has 4 nitrogen and oxygen atoms in total. The van der Waals surface area contributed by atoms with E-state index in [0.717, 1.165) is 32.4 Å². The first-order chi connectivity index (χ1) is 15.4. The van der Waals surface area contributed by atoms with Crippen molar-refractivity contribution >= 4 is 45.2 Å². The Bertz CT molecular complexity index is 1120. The van der Waals surface area contributed by atoms with E-state index in [2.05, 4.69) is 27.3 Å². The summed E-state index contributed by atoms with van der Waals surface area (Å²) in [6.45, 7) is 6.70. The Balaban J connectivity index is 1.75. The van der Waals surface area contributed by atoms with Crippen LogP contribution in [0.15, 0.2) is 65.1 Å². The summed E-state index contributed by atoms with van der Waals surface area (Å²) >= 11 is 9.80. The van der Waals surface area contributed by atoms with Crippen LogP contribution in [-0.4, -0.2) is 12.5 Å². The average Bonchev–Trinajstić information content (AvgIpc) is 2.72. The maximum atomic E-state index is 12.4. The van der Waals surface area contributed by atoms with Gasteiger partial charge in [0.25, 0.3) is 0 Å². The summed E-state index contributed by atoms with van der Waals surface area (Å²) in [4.78, 5) is 12.4. The summed E-state index contributed by atoms with van der Waals surface area (Å²) in [5, 5.41) is 3.55. The fourth-order valence-electron chi connectivity index (χ4n) is 3.26. The molecule has 0 aromatic heterocycles. The third-order valence-electron chi connectivity index (χ3n) is 4.58.